The first-order chi connectivity index (χ1) is 8.25. The summed E-state index contributed by atoms with van der Waals surface area (Å²) in [6, 6.07) is 8.07. The highest BCUT2D eigenvalue weighted by Gasteiger charge is 2.00. The maximum atomic E-state index is 5.64. The number of benzene rings is 1. The Labute approximate surface area is 105 Å². The lowest BCUT2D eigenvalue weighted by atomic mass is 10.1. The maximum Gasteiger partial charge on any atom is 0.190 e. The van der Waals surface area contributed by atoms with Gasteiger partial charge in [-0.1, -0.05) is 23.9 Å². The molecule has 1 aromatic carbocycles. The Balaban J connectivity index is 1.73. The van der Waals surface area contributed by atoms with E-state index in [9.17, 15) is 0 Å². The number of rotatable bonds is 5. The van der Waals surface area contributed by atoms with Gasteiger partial charge >= 0.3 is 0 Å². The van der Waals surface area contributed by atoms with E-state index < -0.39 is 0 Å². The van der Waals surface area contributed by atoms with Crippen LogP contribution >= 0.6 is 11.8 Å². The predicted molar refractivity (Wildman–Crippen MR) is 70.9 cm³/mol. The fraction of sp³-hybridized carbons (Fsp3) is 0.333. The molecule has 0 unspecified atom stereocenters. The van der Waals surface area contributed by atoms with E-state index in [1.807, 2.05) is 23.7 Å². The molecule has 17 heavy (non-hydrogen) atoms. The number of thioether (sulfide) groups is 1. The third kappa shape index (κ3) is 3.49. The molecule has 2 rings (SSSR count). The Morgan fingerprint density at radius 1 is 1.29 bits per heavy atom. The second-order valence-electron chi connectivity index (χ2n) is 3.92. The van der Waals surface area contributed by atoms with Gasteiger partial charge in [0.05, 0.1) is 0 Å². The van der Waals surface area contributed by atoms with Crippen molar-refractivity contribution in [2.24, 2.45) is 7.05 Å². The van der Waals surface area contributed by atoms with Gasteiger partial charge < -0.3 is 10.3 Å². The highest BCUT2D eigenvalue weighted by atomic mass is 32.2. The van der Waals surface area contributed by atoms with Crippen LogP contribution in [0.3, 0.4) is 0 Å². The summed E-state index contributed by atoms with van der Waals surface area (Å²) in [4.78, 5) is 0. The van der Waals surface area contributed by atoms with E-state index >= 15 is 0 Å². The van der Waals surface area contributed by atoms with Crippen molar-refractivity contribution in [2.75, 3.05) is 11.5 Å². The summed E-state index contributed by atoms with van der Waals surface area (Å²) >= 11 is 1.74. The molecule has 0 fully saturated rings. The van der Waals surface area contributed by atoms with Gasteiger partial charge in [0.2, 0.25) is 0 Å². The van der Waals surface area contributed by atoms with Gasteiger partial charge in [0.1, 0.15) is 6.33 Å². The Bertz CT molecular complexity index is 464. The summed E-state index contributed by atoms with van der Waals surface area (Å²) in [5.41, 5.74) is 7.79. The first kappa shape index (κ1) is 12.0. The van der Waals surface area contributed by atoms with Crippen molar-refractivity contribution in [2.45, 2.75) is 18.0 Å². The van der Waals surface area contributed by atoms with Crippen molar-refractivity contribution in [3.05, 3.63) is 36.2 Å². The van der Waals surface area contributed by atoms with Gasteiger partial charge in [-0.3, -0.25) is 0 Å². The summed E-state index contributed by atoms with van der Waals surface area (Å²) in [6.45, 7) is 0. The van der Waals surface area contributed by atoms with Crippen molar-refractivity contribution in [1.29, 1.82) is 0 Å². The van der Waals surface area contributed by atoms with E-state index in [0.717, 1.165) is 29.4 Å². The van der Waals surface area contributed by atoms with Crippen molar-refractivity contribution >= 4 is 17.4 Å². The molecule has 0 amide bonds. The topological polar surface area (TPSA) is 56.7 Å². The third-order valence-corrected chi connectivity index (χ3v) is 3.61. The van der Waals surface area contributed by atoms with Gasteiger partial charge in [0, 0.05) is 18.5 Å². The number of anilines is 1. The van der Waals surface area contributed by atoms with Gasteiger partial charge in [0.25, 0.3) is 0 Å². The highest BCUT2D eigenvalue weighted by Crippen LogP contribution is 2.16. The molecule has 90 valence electrons. The van der Waals surface area contributed by atoms with E-state index in [-0.39, 0.29) is 0 Å². The molecular weight excluding hydrogens is 232 g/mol. The van der Waals surface area contributed by atoms with Crippen molar-refractivity contribution in [3.63, 3.8) is 0 Å². The number of aryl methyl sites for hydroxylation is 2. The van der Waals surface area contributed by atoms with Crippen LogP contribution < -0.4 is 5.73 Å². The van der Waals surface area contributed by atoms with Crippen molar-refractivity contribution in [3.8, 4) is 0 Å². The van der Waals surface area contributed by atoms with E-state index in [4.69, 9.17) is 5.73 Å². The van der Waals surface area contributed by atoms with Crippen molar-refractivity contribution < 1.29 is 0 Å². The predicted octanol–water partition coefficient (Wildman–Crippen LogP) is 2.12. The molecule has 0 saturated heterocycles. The lowest BCUT2D eigenvalue weighted by Crippen LogP contribution is -1.92. The van der Waals surface area contributed by atoms with Gasteiger partial charge in [-0.05, 0) is 30.5 Å². The molecular formula is C12H16N4S. The molecule has 0 aliphatic carbocycles. The average molecular weight is 248 g/mol. The molecule has 1 heterocycles. The van der Waals surface area contributed by atoms with Crippen LogP contribution in [0.4, 0.5) is 5.69 Å². The first-order valence-electron chi connectivity index (χ1n) is 5.57. The van der Waals surface area contributed by atoms with Gasteiger partial charge in [-0.25, -0.2) is 0 Å². The Hall–Kier alpha value is -1.49. The van der Waals surface area contributed by atoms with Crippen LogP contribution in [0.15, 0.2) is 35.7 Å². The van der Waals surface area contributed by atoms with Gasteiger partial charge in [-0.15, -0.1) is 10.2 Å². The number of nitrogen functional groups attached to an aromatic ring is 1. The molecule has 0 atom stereocenters. The van der Waals surface area contributed by atoms with E-state index in [2.05, 4.69) is 22.3 Å². The number of hydrogen-bond donors (Lipinski definition) is 1. The van der Waals surface area contributed by atoms with Crippen LogP contribution in [0.2, 0.25) is 0 Å². The molecule has 0 bridgehead atoms. The molecule has 0 saturated carbocycles. The highest BCUT2D eigenvalue weighted by molar-refractivity contribution is 7.99. The molecule has 0 aliphatic rings. The standard InChI is InChI=1S/C12H16N4S/c1-16-9-14-15-12(16)17-8-2-3-10-4-6-11(13)7-5-10/h4-7,9H,2-3,8,13H2,1H3. The fourth-order valence-corrected chi connectivity index (χ4v) is 2.35. The quantitative estimate of drug-likeness (QED) is 0.500. The Morgan fingerprint density at radius 3 is 2.71 bits per heavy atom. The maximum absolute atomic E-state index is 5.64. The minimum atomic E-state index is 0.821. The minimum absolute atomic E-state index is 0.821. The Morgan fingerprint density at radius 2 is 2.06 bits per heavy atom. The minimum Gasteiger partial charge on any atom is -0.399 e. The molecule has 0 radical (unpaired) electrons. The van der Waals surface area contributed by atoms with Crippen molar-refractivity contribution in [1.82, 2.24) is 14.8 Å². The number of aromatic nitrogens is 3. The molecule has 0 aliphatic heterocycles. The molecule has 2 aromatic rings. The second kappa shape index (κ2) is 5.72. The largest absolute Gasteiger partial charge is 0.399 e. The summed E-state index contributed by atoms with van der Waals surface area (Å²) < 4.78 is 1.94. The number of hydrogen-bond acceptors (Lipinski definition) is 4. The molecule has 5 heteroatoms. The smallest absolute Gasteiger partial charge is 0.190 e. The zero-order valence-corrected chi connectivity index (χ0v) is 10.7. The lowest BCUT2D eigenvalue weighted by molar-refractivity contribution is 0.786. The van der Waals surface area contributed by atoms with Crippen LogP contribution in [0.1, 0.15) is 12.0 Å². The van der Waals surface area contributed by atoms with Crippen LogP contribution in [0.5, 0.6) is 0 Å². The number of nitrogens with two attached hydrogens (primary N) is 1. The third-order valence-electron chi connectivity index (χ3n) is 2.49. The molecule has 1 aromatic heterocycles. The summed E-state index contributed by atoms with van der Waals surface area (Å²) in [5.74, 6) is 1.05. The first-order valence-corrected chi connectivity index (χ1v) is 6.55. The van der Waals surface area contributed by atoms with Crippen LogP contribution in [-0.2, 0) is 13.5 Å². The van der Waals surface area contributed by atoms with Crippen LogP contribution in [0.25, 0.3) is 0 Å². The monoisotopic (exact) mass is 248 g/mol. The zero-order chi connectivity index (χ0) is 12.1. The van der Waals surface area contributed by atoms with E-state index in [1.54, 1.807) is 18.1 Å². The van der Waals surface area contributed by atoms with E-state index in [1.165, 1.54) is 5.56 Å². The summed E-state index contributed by atoms with van der Waals surface area (Å²) in [6.07, 6.45) is 3.93. The molecule has 4 nitrogen and oxygen atoms in total. The zero-order valence-electron chi connectivity index (χ0n) is 9.84. The van der Waals surface area contributed by atoms with Gasteiger partial charge in [0.15, 0.2) is 5.16 Å². The van der Waals surface area contributed by atoms with Crippen LogP contribution in [-0.4, -0.2) is 20.5 Å². The lowest BCUT2D eigenvalue weighted by Gasteiger charge is -2.02. The SMILES string of the molecule is Cn1cnnc1SCCCc1ccc(N)cc1. The number of nitrogens with zero attached hydrogens (tertiary/aromatic N) is 3. The van der Waals surface area contributed by atoms with Gasteiger partial charge in [-0.2, -0.15) is 0 Å². The Kier molecular flexibility index (Phi) is 4.03. The summed E-state index contributed by atoms with van der Waals surface area (Å²) in [5, 5.41) is 8.85. The summed E-state index contributed by atoms with van der Waals surface area (Å²) in [7, 11) is 1.96. The van der Waals surface area contributed by atoms with E-state index in [0.29, 0.717) is 0 Å². The molecule has 2 N–H and O–H groups in total. The second-order valence-corrected chi connectivity index (χ2v) is 4.98. The normalized spacial score (nSPS) is 10.6. The molecule has 0 spiro atoms. The fourth-order valence-electron chi connectivity index (χ4n) is 1.53. The van der Waals surface area contributed by atoms with Crippen LogP contribution in [0, 0.1) is 0 Å². The average Bonchev–Trinajstić information content (AvgIpc) is 2.73.